The largest absolute Gasteiger partial charge is 0.420 e. The number of hydrogen-bond acceptors (Lipinski definition) is 3. The highest BCUT2D eigenvalue weighted by molar-refractivity contribution is 6.31. The molecular formula is C23H24ClF3N4. The van der Waals surface area contributed by atoms with Gasteiger partial charge in [0.05, 0.1) is 0 Å². The molecule has 1 aromatic carbocycles. The maximum atomic E-state index is 14.0. The van der Waals surface area contributed by atoms with Gasteiger partial charge < -0.3 is 0 Å². The molecule has 0 N–H and O–H groups in total. The van der Waals surface area contributed by atoms with Crippen LogP contribution in [0.15, 0.2) is 36.5 Å². The van der Waals surface area contributed by atoms with E-state index in [4.69, 9.17) is 11.6 Å². The summed E-state index contributed by atoms with van der Waals surface area (Å²) < 4.78 is 43.6. The molecule has 1 aliphatic carbocycles. The lowest BCUT2D eigenvalue weighted by Gasteiger charge is -2.33. The third-order valence-corrected chi connectivity index (χ3v) is 6.86. The Kier molecular flexibility index (Phi) is 5.42. The van der Waals surface area contributed by atoms with Crippen molar-refractivity contribution >= 4 is 17.2 Å². The van der Waals surface area contributed by atoms with Crippen LogP contribution in [0.2, 0.25) is 5.02 Å². The van der Waals surface area contributed by atoms with Crippen molar-refractivity contribution in [1.29, 1.82) is 0 Å². The van der Waals surface area contributed by atoms with Crippen LogP contribution >= 0.6 is 11.6 Å². The quantitative estimate of drug-likeness (QED) is 0.499. The van der Waals surface area contributed by atoms with Gasteiger partial charge in [0.25, 0.3) is 0 Å². The smallest absolute Gasteiger partial charge is 0.299 e. The van der Waals surface area contributed by atoms with Crippen molar-refractivity contribution in [3.8, 4) is 0 Å². The van der Waals surface area contributed by atoms with Crippen molar-refractivity contribution in [3.63, 3.8) is 0 Å². The molecule has 0 spiro atoms. The minimum Gasteiger partial charge on any atom is -0.299 e. The highest BCUT2D eigenvalue weighted by Crippen LogP contribution is 2.38. The first kappa shape index (κ1) is 20.8. The summed E-state index contributed by atoms with van der Waals surface area (Å²) in [5.41, 5.74) is 0.666. The third-order valence-electron chi connectivity index (χ3n) is 6.51. The summed E-state index contributed by atoms with van der Waals surface area (Å²) in [6.07, 6.45) is 1.90. The Bertz CT molecular complexity index is 1080. The van der Waals surface area contributed by atoms with Crippen LogP contribution in [-0.4, -0.2) is 32.6 Å². The number of pyridine rings is 1. The first-order valence-electron chi connectivity index (χ1n) is 10.8. The fourth-order valence-corrected chi connectivity index (χ4v) is 4.94. The number of rotatable bonds is 5. The summed E-state index contributed by atoms with van der Waals surface area (Å²) in [5, 5.41) is 8.78. The second kappa shape index (κ2) is 8.10. The van der Waals surface area contributed by atoms with Crippen LogP contribution < -0.4 is 0 Å². The Labute approximate surface area is 184 Å². The summed E-state index contributed by atoms with van der Waals surface area (Å²) in [4.78, 5) is 2.09. The molecule has 0 amide bonds. The number of halogens is 4. The maximum Gasteiger partial charge on any atom is 0.420 e. The Balaban J connectivity index is 1.36. The predicted octanol–water partition coefficient (Wildman–Crippen LogP) is 5.73. The Morgan fingerprint density at radius 2 is 1.74 bits per heavy atom. The molecule has 2 aliphatic rings. The Hall–Kier alpha value is -2.12. The topological polar surface area (TPSA) is 33.4 Å². The fraction of sp³-hybridized carbons (Fsp3) is 0.478. The van der Waals surface area contributed by atoms with E-state index in [9.17, 15) is 13.2 Å². The van der Waals surface area contributed by atoms with Crippen LogP contribution in [0.4, 0.5) is 13.2 Å². The molecule has 5 rings (SSSR count). The van der Waals surface area contributed by atoms with Gasteiger partial charge >= 0.3 is 6.18 Å². The molecule has 4 nitrogen and oxygen atoms in total. The molecule has 0 unspecified atom stereocenters. The molecule has 31 heavy (non-hydrogen) atoms. The number of piperidine rings is 1. The molecule has 2 aromatic heterocycles. The molecular weight excluding hydrogens is 425 g/mol. The summed E-state index contributed by atoms with van der Waals surface area (Å²) in [6.45, 7) is 1.72. The van der Waals surface area contributed by atoms with Gasteiger partial charge in [-0.3, -0.25) is 9.30 Å². The van der Waals surface area contributed by atoms with Crippen LogP contribution in [0.5, 0.6) is 0 Å². The SMILES string of the molecule is FC(F)(F)c1c(CN2CCC(c3ccccc3Cl)CC2)ccn2c(CC3CC3)nnc12. The predicted molar refractivity (Wildman–Crippen MR) is 113 cm³/mol. The van der Waals surface area contributed by atoms with Crippen LogP contribution in [0.1, 0.15) is 54.1 Å². The van der Waals surface area contributed by atoms with Gasteiger partial charge in [0, 0.05) is 24.2 Å². The monoisotopic (exact) mass is 448 g/mol. The van der Waals surface area contributed by atoms with Gasteiger partial charge in [-0.15, -0.1) is 10.2 Å². The van der Waals surface area contributed by atoms with Gasteiger partial charge in [0.15, 0.2) is 5.65 Å². The van der Waals surface area contributed by atoms with E-state index in [1.807, 2.05) is 24.3 Å². The van der Waals surface area contributed by atoms with Crippen molar-refractivity contribution in [2.75, 3.05) is 13.1 Å². The van der Waals surface area contributed by atoms with Crippen LogP contribution in [0.25, 0.3) is 5.65 Å². The average Bonchev–Trinajstić information content (AvgIpc) is 3.47. The Morgan fingerprint density at radius 1 is 1.00 bits per heavy atom. The molecule has 0 bridgehead atoms. The van der Waals surface area contributed by atoms with Gasteiger partial charge in [-0.1, -0.05) is 29.8 Å². The molecule has 8 heteroatoms. The molecule has 0 radical (unpaired) electrons. The third kappa shape index (κ3) is 4.30. The van der Waals surface area contributed by atoms with E-state index in [0.29, 0.717) is 24.1 Å². The number of likely N-dealkylation sites (tertiary alicyclic amines) is 1. The van der Waals surface area contributed by atoms with E-state index in [1.54, 1.807) is 12.3 Å². The minimum atomic E-state index is -4.47. The lowest BCUT2D eigenvalue weighted by atomic mass is 9.89. The van der Waals surface area contributed by atoms with Crippen molar-refractivity contribution < 1.29 is 13.2 Å². The van der Waals surface area contributed by atoms with Gasteiger partial charge in [-0.05, 0) is 73.9 Å². The van der Waals surface area contributed by atoms with Gasteiger partial charge in [-0.25, -0.2) is 0 Å². The number of benzene rings is 1. The fourth-order valence-electron chi connectivity index (χ4n) is 4.65. The van der Waals surface area contributed by atoms with Crippen molar-refractivity contribution in [2.24, 2.45) is 5.92 Å². The average molecular weight is 449 g/mol. The zero-order valence-corrected chi connectivity index (χ0v) is 17.8. The Morgan fingerprint density at radius 3 is 2.42 bits per heavy atom. The zero-order chi connectivity index (χ0) is 21.6. The maximum absolute atomic E-state index is 14.0. The summed E-state index contributed by atoms with van der Waals surface area (Å²) in [7, 11) is 0. The lowest BCUT2D eigenvalue weighted by Crippen LogP contribution is -2.33. The second-order valence-electron chi connectivity index (χ2n) is 8.74. The van der Waals surface area contributed by atoms with Crippen molar-refractivity contribution in [3.05, 3.63) is 64.1 Å². The van der Waals surface area contributed by atoms with E-state index < -0.39 is 11.7 Å². The van der Waals surface area contributed by atoms with E-state index >= 15 is 0 Å². The minimum absolute atomic E-state index is 0.0772. The van der Waals surface area contributed by atoms with Gasteiger partial charge in [0.2, 0.25) is 0 Å². The van der Waals surface area contributed by atoms with Crippen LogP contribution in [0, 0.1) is 5.92 Å². The van der Waals surface area contributed by atoms with Crippen LogP contribution in [0.3, 0.4) is 0 Å². The number of alkyl halides is 3. The molecule has 1 saturated carbocycles. The lowest BCUT2D eigenvalue weighted by molar-refractivity contribution is -0.137. The number of fused-ring (bicyclic) bond motifs is 1. The molecule has 1 saturated heterocycles. The molecule has 2 fully saturated rings. The van der Waals surface area contributed by atoms with E-state index in [2.05, 4.69) is 15.1 Å². The highest BCUT2D eigenvalue weighted by Gasteiger charge is 2.38. The first-order valence-corrected chi connectivity index (χ1v) is 11.2. The van der Waals surface area contributed by atoms with E-state index in [1.165, 1.54) is 4.40 Å². The first-order chi connectivity index (χ1) is 14.9. The van der Waals surface area contributed by atoms with Gasteiger partial charge in [-0.2, -0.15) is 13.2 Å². The second-order valence-corrected chi connectivity index (χ2v) is 9.15. The van der Waals surface area contributed by atoms with Crippen molar-refractivity contribution in [2.45, 2.75) is 50.7 Å². The normalized spacial score (nSPS) is 18.7. The number of aromatic nitrogens is 3. The molecule has 3 aromatic rings. The molecule has 3 heterocycles. The van der Waals surface area contributed by atoms with Crippen LogP contribution in [-0.2, 0) is 19.1 Å². The van der Waals surface area contributed by atoms with Gasteiger partial charge in [0.1, 0.15) is 11.4 Å². The van der Waals surface area contributed by atoms with E-state index in [-0.39, 0.29) is 17.8 Å². The van der Waals surface area contributed by atoms with Crippen molar-refractivity contribution in [1.82, 2.24) is 19.5 Å². The number of hydrogen-bond donors (Lipinski definition) is 0. The molecule has 164 valence electrons. The number of nitrogens with zero attached hydrogens (tertiary/aromatic N) is 4. The highest BCUT2D eigenvalue weighted by atomic mass is 35.5. The molecule has 1 aliphatic heterocycles. The molecule has 0 atom stereocenters. The standard InChI is InChI=1S/C23H24ClF3N4/c24-19-4-2-1-3-18(19)16-7-10-30(11-8-16)14-17-9-12-31-20(13-15-5-6-15)28-29-22(31)21(17)23(25,26)27/h1-4,9,12,15-16H,5-8,10-11,13-14H2. The summed E-state index contributed by atoms with van der Waals surface area (Å²) >= 11 is 6.33. The summed E-state index contributed by atoms with van der Waals surface area (Å²) in [6, 6.07) is 9.42. The van der Waals surface area contributed by atoms with E-state index in [0.717, 1.165) is 49.4 Å². The summed E-state index contributed by atoms with van der Waals surface area (Å²) in [5.74, 6) is 1.49. The zero-order valence-electron chi connectivity index (χ0n) is 17.1.